The third-order valence-corrected chi connectivity index (χ3v) is 6.65. The number of ether oxygens (including phenoxy) is 1. The van der Waals surface area contributed by atoms with Gasteiger partial charge >= 0.3 is 114 Å². The van der Waals surface area contributed by atoms with Crippen molar-refractivity contribution in [2.45, 2.75) is 63.5 Å². The van der Waals surface area contributed by atoms with Crippen molar-refractivity contribution < 1.29 is 11.7 Å². The minimum absolute atomic E-state index is 0.148. The Balaban J connectivity index is 3.41. The van der Waals surface area contributed by atoms with E-state index in [4.69, 9.17) is 4.74 Å². The van der Waals surface area contributed by atoms with E-state index in [1.54, 1.807) is 0 Å². The second kappa shape index (κ2) is 12.2. The molecule has 108 valence electrons. The van der Waals surface area contributed by atoms with Gasteiger partial charge in [-0.05, 0) is 0 Å². The maximum absolute atomic E-state index is 13.5. The third-order valence-electron chi connectivity index (χ3n) is 2.99. The molecule has 0 aliphatic rings. The molecule has 0 N–H and O–H groups in total. The summed E-state index contributed by atoms with van der Waals surface area (Å²) >= 11 is -4.58. The van der Waals surface area contributed by atoms with E-state index in [-0.39, 0.29) is 5.25 Å². The molecule has 0 radical (unpaired) electrons. The summed E-state index contributed by atoms with van der Waals surface area (Å²) in [4.78, 5) is 1.16. The molecule has 0 saturated heterocycles. The zero-order valence-electron chi connectivity index (χ0n) is 11.9. The van der Waals surface area contributed by atoms with E-state index >= 15 is 0 Å². The van der Waals surface area contributed by atoms with Gasteiger partial charge in [0.05, 0.1) is 0 Å². The second-order valence-electron chi connectivity index (χ2n) is 4.84. The van der Waals surface area contributed by atoms with Crippen LogP contribution in [0.2, 0.25) is 5.25 Å². The van der Waals surface area contributed by atoms with E-state index in [2.05, 4.69) is 6.92 Å². The van der Waals surface area contributed by atoms with E-state index in [0.29, 0.717) is 13.0 Å². The molecule has 0 aliphatic heterocycles. The molecule has 0 rings (SSSR count). The van der Waals surface area contributed by atoms with Gasteiger partial charge < -0.3 is 0 Å². The SMILES string of the molecule is CCCCCCCCC[CH2][Ge]([F])([F])/[CH]=C/COC. The standard InChI is InChI=1S/C14H28F2GeO/c1-3-4-5-6-7-8-9-10-12-17(15,16)13-11-14-18-2/h11,13H,3-10,12,14H2,1-2H3/b13-11+. The van der Waals surface area contributed by atoms with E-state index < -0.39 is 14.2 Å². The van der Waals surface area contributed by atoms with Crippen molar-refractivity contribution in [2.75, 3.05) is 13.7 Å². The van der Waals surface area contributed by atoms with Crippen molar-refractivity contribution in [3.8, 4) is 0 Å². The number of hydrogen-bond acceptors (Lipinski definition) is 1. The van der Waals surface area contributed by atoms with Crippen LogP contribution >= 0.6 is 0 Å². The van der Waals surface area contributed by atoms with E-state index in [1.807, 2.05) is 0 Å². The molecule has 1 nitrogen and oxygen atoms in total. The molecule has 0 bridgehead atoms. The topological polar surface area (TPSA) is 9.23 Å². The molecule has 0 atom stereocenters. The molecular formula is C14H28F2GeO. The van der Waals surface area contributed by atoms with E-state index in [9.17, 15) is 7.00 Å². The molecule has 18 heavy (non-hydrogen) atoms. The van der Waals surface area contributed by atoms with Gasteiger partial charge in [0, 0.05) is 0 Å². The summed E-state index contributed by atoms with van der Waals surface area (Å²) < 4.78 is 31.7. The molecule has 0 aromatic carbocycles. The third kappa shape index (κ3) is 12.6. The van der Waals surface area contributed by atoms with Crippen molar-refractivity contribution in [1.82, 2.24) is 0 Å². The van der Waals surface area contributed by atoms with Crippen LogP contribution < -0.4 is 0 Å². The van der Waals surface area contributed by atoms with Crippen LogP contribution in [0.1, 0.15) is 58.3 Å². The summed E-state index contributed by atoms with van der Waals surface area (Å²) in [5.74, 6) is 0. The zero-order chi connectivity index (χ0) is 13.7. The van der Waals surface area contributed by atoms with Gasteiger partial charge in [-0.25, -0.2) is 0 Å². The Morgan fingerprint density at radius 2 is 1.50 bits per heavy atom. The maximum atomic E-state index is 13.5. The van der Waals surface area contributed by atoms with Gasteiger partial charge in [0.1, 0.15) is 0 Å². The summed E-state index contributed by atoms with van der Waals surface area (Å²) in [5, 5.41) is 0.148. The normalized spacial score (nSPS) is 12.4. The van der Waals surface area contributed by atoms with Crippen molar-refractivity contribution >= 4 is 14.2 Å². The Bertz CT molecular complexity index is 208. The zero-order valence-corrected chi connectivity index (χ0v) is 14.0. The van der Waals surface area contributed by atoms with Gasteiger partial charge in [-0.3, -0.25) is 0 Å². The first kappa shape index (κ1) is 18.1. The predicted octanol–water partition coefficient (Wildman–Crippen LogP) is 5.25. The van der Waals surface area contributed by atoms with Crippen LogP contribution in [0, 0.1) is 0 Å². The molecular weight excluding hydrogens is 295 g/mol. The summed E-state index contributed by atoms with van der Waals surface area (Å²) in [7, 11) is 1.52. The van der Waals surface area contributed by atoms with Crippen LogP contribution in [0.25, 0.3) is 0 Å². The number of unbranched alkanes of at least 4 members (excludes halogenated alkanes) is 7. The van der Waals surface area contributed by atoms with E-state index in [1.165, 1.54) is 45.3 Å². The second-order valence-corrected chi connectivity index (χ2v) is 9.79. The van der Waals surface area contributed by atoms with Crippen molar-refractivity contribution in [2.24, 2.45) is 0 Å². The fourth-order valence-corrected chi connectivity index (χ4v) is 4.68. The molecule has 0 spiro atoms. The molecule has 0 aliphatic carbocycles. The molecule has 0 heterocycles. The molecule has 0 aromatic rings. The summed E-state index contributed by atoms with van der Waals surface area (Å²) in [5.41, 5.74) is 0. The Morgan fingerprint density at radius 1 is 0.944 bits per heavy atom. The Labute approximate surface area is 114 Å². The number of rotatable bonds is 12. The quantitative estimate of drug-likeness (QED) is 0.352. The first-order valence-corrected chi connectivity index (χ1v) is 11.4. The molecule has 4 heteroatoms. The number of hydrogen-bond donors (Lipinski definition) is 0. The van der Waals surface area contributed by atoms with E-state index in [0.717, 1.165) is 17.8 Å². The molecule has 0 unspecified atom stereocenters. The molecule has 0 aromatic heterocycles. The monoisotopic (exact) mass is 324 g/mol. The van der Waals surface area contributed by atoms with Gasteiger partial charge in [0.25, 0.3) is 0 Å². The molecule has 0 amide bonds. The fourth-order valence-electron chi connectivity index (χ4n) is 1.89. The fraction of sp³-hybridized carbons (Fsp3) is 0.857. The van der Waals surface area contributed by atoms with Crippen LogP contribution in [0.15, 0.2) is 11.0 Å². The Hall–Kier alpha value is 0.103. The Morgan fingerprint density at radius 3 is 2.06 bits per heavy atom. The molecule has 0 fully saturated rings. The van der Waals surface area contributed by atoms with Gasteiger partial charge in [-0.1, -0.05) is 0 Å². The predicted molar refractivity (Wildman–Crippen MR) is 76.4 cm³/mol. The van der Waals surface area contributed by atoms with Crippen LogP contribution in [-0.4, -0.2) is 27.9 Å². The molecule has 0 saturated carbocycles. The van der Waals surface area contributed by atoms with Gasteiger partial charge in [0.15, 0.2) is 0 Å². The Kier molecular flexibility index (Phi) is 12.2. The first-order chi connectivity index (χ1) is 8.62. The van der Waals surface area contributed by atoms with Gasteiger partial charge in [0.2, 0.25) is 0 Å². The van der Waals surface area contributed by atoms with Crippen LogP contribution in [0.5, 0.6) is 0 Å². The summed E-state index contributed by atoms with van der Waals surface area (Å²) in [6.45, 7) is 2.50. The van der Waals surface area contributed by atoms with Crippen LogP contribution in [0.4, 0.5) is 7.00 Å². The average Bonchev–Trinajstić information content (AvgIpc) is 2.33. The van der Waals surface area contributed by atoms with Gasteiger partial charge in [-0.15, -0.1) is 0 Å². The van der Waals surface area contributed by atoms with Crippen molar-refractivity contribution in [3.05, 3.63) is 11.0 Å². The summed E-state index contributed by atoms with van der Waals surface area (Å²) in [6, 6.07) is 0. The average molecular weight is 323 g/mol. The first-order valence-electron chi connectivity index (χ1n) is 7.17. The van der Waals surface area contributed by atoms with Gasteiger partial charge in [-0.2, -0.15) is 0 Å². The minimum atomic E-state index is -4.58. The summed E-state index contributed by atoms with van der Waals surface area (Å²) in [6.07, 6.45) is 10.6. The van der Waals surface area contributed by atoms with Crippen LogP contribution in [-0.2, 0) is 4.74 Å². The number of halogens is 2. The van der Waals surface area contributed by atoms with Crippen molar-refractivity contribution in [1.29, 1.82) is 0 Å². The number of methoxy groups -OCH3 is 1. The van der Waals surface area contributed by atoms with Crippen molar-refractivity contribution in [3.63, 3.8) is 0 Å². The van der Waals surface area contributed by atoms with Crippen LogP contribution in [0.3, 0.4) is 0 Å².